The summed E-state index contributed by atoms with van der Waals surface area (Å²) in [6.45, 7) is 1.85. The zero-order chi connectivity index (χ0) is 12.3. The molecular formula is C10H15F3N2O. The van der Waals surface area contributed by atoms with Gasteiger partial charge in [0.2, 0.25) is 0 Å². The normalized spacial score (nSPS) is 14.1. The standard InChI is InChI=1S/C10H15F3N2O/c1-3-8-7(6-15(2)14-8)9(16)4-5-10(11,12)13/h6,9,16H,3-5H2,1-2H3. The van der Waals surface area contributed by atoms with Crippen LogP contribution in [0, 0.1) is 0 Å². The predicted octanol–water partition coefficient (Wildman–Crippen LogP) is 2.36. The second-order valence-electron chi connectivity index (χ2n) is 3.73. The first-order valence-corrected chi connectivity index (χ1v) is 5.10. The fraction of sp³-hybridized carbons (Fsp3) is 0.700. The molecule has 0 aliphatic rings. The Labute approximate surface area is 91.9 Å². The van der Waals surface area contributed by atoms with Crippen LogP contribution in [-0.2, 0) is 13.5 Å². The number of aliphatic hydroxyl groups is 1. The molecular weight excluding hydrogens is 221 g/mol. The molecule has 0 aliphatic carbocycles. The van der Waals surface area contributed by atoms with Crippen LogP contribution >= 0.6 is 0 Å². The number of rotatable bonds is 4. The molecule has 0 aromatic carbocycles. The minimum absolute atomic E-state index is 0.317. The molecule has 3 nitrogen and oxygen atoms in total. The van der Waals surface area contributed by atoms with Crippen LogP contribution in [0.4, 0.5) is 13.2 Å². The van der Waals surface area contributed by atoms with Crippen molar-refractivity contribution in [2.45, 2.75) is 38.5 Å². The molecule has 0 fully saturated rings. The summed E-state index contributed by atoms with van der Waals surface area (Å²) in [4.78, 5) is 0. The highest BCUT2D eigenvalue weighted by atomic mass is 19.4. The van der Waals surface area contributed by atoms with Gasteiger partial charge >= 0.3 is 6.18 Å². The zero-order valence-electron chi connectivity index (χ0n) is 9.25. The SMILES string of the molecule is CCc1nn(C)cc1C(O)CCC(F)(F)F. The quantitative estimate of drug-likeness (QED) is 0.871. The van der Waals surface area contributed by atoms with Gasteiger partial charge in [-0.3, -0.25) is 4.68 Å². The average Bonchev–Trinajstić information content (AvgIpc) is 2.55. The van der Waals surface area contributed by atoms with Gasteiger partial charge in [-0.05, 0) is 12.8 Å². The van der Waals surface area contributed by atoms with Crippen molar-refractivity contribution in [3.05, 3.63) is 17.5 Å². The first-order chi connectivity index (χ1) is 7.33. The maximum atomic E-state index is 12.0. The Balaban J connectivity index is 2.68. The average molecular weight is 236 g/mol. The van der Waals surface area contributed by atoms with Gasteiger partial charge in [-0.15, -0.1) is 0 Å². The number of nitrogens with zero attached hydrogens (tertiary/aromatic N) is 2. The second-order valence-corrected chi connectivity index (χ2v) is 3.73. The summed E-state index contributed by atoms with van der Waals surface area (Å²) in [6.07, 6.45) is -4.45. The molecule has 1 heterocycles. The Hall–Kier alpha value is -1.04. The van der Waals surface area contributed by atoms with Crippen LogP contribution in [0.3, 0.4) is 0 Å². The minimum atomic E-state index is -4.23. The first-order valence-electron chi connectivity index (χ1n) is 5.10. The van der Waals surface area contributed by atoms with Crippen LogP contribution in [0.1, 0.15) is 37.1 Å². The van der Waals surface area contributed by atoms with Crippen molar-refractivity contribution in [1.82, 2.24) is 9.78 Å². The van der Waals surface area contributed by atoms with E-state index in [0.29, 0.717) is 17.7 Å². The summed E-state index contributed by atoms with van der Waals surface area (Å²) in [5, 5.41) is 13.7. The number of aromatic nitrogens is 2. The van der Waals surface area contributed by atoms with E-state index in [1.54, 1.807) is 13.2 Å². The molecule has 1 atom stereocenters. The lowest BCUT2D eigenvalue weighted by atomic mass is 10.0. The van der Waals surface area contributed by atoms with Crippen molar-refractivity contribution in [2.24, 2.45) is 7.05 Å². The lowest BCUT2D eigenvalue weighted by Gasteiger charge is -2.11. The molecule has 1 N–H and O–H groups in total. The summed E-state index contributed by atoms with van der Waals surface area (Å²) in [7, 11) is 1.68. The Morgan fingerprint density at radius 3 is 2.62 bits per heavy atom. The number of hydrogen-bond donors (Lipinski definition) is 1. The highest BCUT2D eigenvalue weighted by Crippen LogP contribution is 2.28. The van der Waals surface area contributed by atoms with Gasteiger partial charge in [0, 0.05) is 25.2 Å². The summed E-state index contributed by atoms with van der Waals surface area (Å²) in [5.74, 6) is 0. The second kappa shape index (κ2) is 4.86. The van der Waals surface area contributed by atoms with Crippen molar-refractivity contribution in [1.29, 1.82) is 0 Å². The number of alkyl halides is 3. The number of aryl methyl sites for hydroxylation is 2. The Morgan fingerprint density at radius 1 is 1.50 bits per heavy atom. The van der Waals surface area contributed by atoms with E-state index in [2.05, 4.69) is 5.10 Å². The van der Waals surface area contributed by atoms with Crippen LogP contribution in [0.5, 0.6) is 0 Å². The van der Waals surface area contributed by atoms with E-state index in [0.717, 1.165) is 0 Å². The van der Waals surface area contributed by atoms with Gasteiger partial charge in [0.15, 0.2) is 0 Å². The van der Waals surface area contributed by atoms with Crippen LogP contribution in [0.15, 0.2) is 6.20 Å². The van der Waals surface area contributed by atoms with E-state index < -0.39 is 18.7 Å². The Morgan fingerprint density at radius 2 is 2.12 bits per heavy atom. The maximum absolute atomic E-state index is 12.0. The van der Waals surface area contributed by atoms with Gasteiger partial charge in [0.05, 0.1) is 11.8 Å². The van der Waals surface area contributed by atoms with Crippen LogP contribution in [0.2, 0.25) is 0 Å². The fourth-order valence-corrected chi connectivity index (χ4v) is 1.56. The van der Waals surface area contributed by atoms with Crippen LogP contribution in [-0.4, -0.2) is 21.1 Å². The lowest BCUT2D eigenvalue weighted by molar-refractivity contribution is -0.140. The summed E-state index contributed by atoms with van der Waals surface area (Å²) >= 11 is 0. The Kier molecular flexibility index (Phi) is 3.96. The van der Waals surface area contributed by atoms with Crippen LogP contribution in [0.25, 0.3) is 0 Å². The molecule has 1 rings (SSSR count). The molecule has 1 aromatic heterocycles. The third-order valence-electron chi connectivity index (χ3n) is 2.33. The van der Waals surface area contributed by atoms with Crippen molar-refractivity contribution in [3.63, 3.8) is 0 Å². The third-order valence-corrected chi connectivity index (χ3v) is 2.33. The third kappa shape index (κ3) is 3.52. The van der Waals surface area contributed by atoms with Gasteiger partial charge < -0.3 is 5.11 Å². The topological polar surface area (TPSA) is 38.0 Å². The summed E-state index contributed by atoms with van der Waals surface area (Å²) in [5.41, 5.74) is 1.14. The molecule has 0 spiro atoms. The molecule has 0 aliphatic heterocycles. The van der Waals surface area contributed by atoms with E-state index in [1.165, 1.54) is 4.68 Å². The molecule has 6 heteroatoms. The summed E-state index contributed by atoms with van der Waals surface area (Å²) < 4.78 is 37.5. The summed E-state index contributed by atoms with van der Waals surface area (Å²) in [6, 6.07) is 0. The van der Waals surface area contributed by atoms with Crippen molar-refractivity contribution >= 4 is 0 Å². The van der Waals surface area contributed by atoms with E-state index in [1.807, 2.05) is 6.92 Å². The molecule has 0 radical (unpaired) electrons. The van der Waals surface area contributed by atoms with Crippen molar-refractivity contribution in [3.8, 4) is 0 Å². The monoisotopic (exact) mass is 236 g/mol. The van der Waals surface area contributed by atoms with Gasteiger partial charge in [-0.1, -0.05) is 6.92 Å². The number of aliphatic hydroxyl groups excluding tert-OH is 1. The molecule has 92 valence electrons. The van der Waals surface area contributed by atoms with Crippen LogP contribution < -0.4 is 0 Å². The molecule has 0 bridgehead atoms. The molecule has 0 saturated heterocycles. The van der Waals surface area contributed by atoms with E-state index in [-0.39, 0.29) is 6.42 Å². The van der Waals surface area contributed by atoms with Gasteiger partial charge in [0.25, 0.3) is 0 Å². The van der Waals surface area contributed by atoms with E-state index in [9.17, 15) is 18.3 Å². The fourth-order valence-electron chi connectivity index (χ4n) is 1.56. The van der Waals surface area contributed by atoms with Crippen molar-refractivity contribution < 1.29 is 18.3 Å². The number of hydrogen-bond acceptors (Lipinski definition) is 2. The van der Waals surface area contributed by atoms with E-state index in [4.69, 9.17) is 0 Å². The minimum Gasteiger partial charge on any atom is -0.388 e. The molecule has 16 heavy (non-hydrogen) atoms. The molecule has 0 saturated carbocycles. The molecule has 0 amide bonds. The van der Waals surface area contributed by atoms with Gasteiger partial charge in [-0.2, -0.15) is 18.3 Å². The van der Waals surface area contributed by atoms with Crippen molar-refractivity contribution in [2.75, 3.05) is 0 Å². The zero-order valence-corrected chi connectivity index (χ0v) is 9.25. The highest BCUT2D eigenvalue weighted by Gasteiger charge is 2.29. The Bertz CT molecular complexity index is 346. The maximum Gasteiger partial charge on any atom is 0.389 e. The smallest absolute Gasteiger partial charge is 0.388 e. The van der Waals surface area contributed by atoms with E-state index >= 15 is 0 Å². The lowest BCUT2D eigenvalue weighted by Crippen LogP contribution is -2.10. The molecule has 1 aromatic rings. The van der Waals surface area contributed by atoms with Gasteiger partial charge in [-0.25, -0.2) is 0 Å². The number of halogens is 3. The molecule has 1 unspecified atom stereocenters. The predicted molar refractivity (Wildman–Crippen MR) is 52.8 cm³/mol. The first kappa shape index (κ1) is 13.0. The highest BCUT2D eigenvalue weighted by molar-refractivity contribution is 5.19. The van der Waals surface area contributed by atoms with Gasteiger partial charge in [0.1, 0.15) is 0 Å². The largest absolute Gasteiger partial charge is 0.389 e.